The summed E-state index contributed by atoms with van der Waals surface area (Å²) >= 11 is 0. The van der Waals surface area contributed by atoms with Gasteiger partial charge in [0, 0.05) is 19.0 Å². The van der Waals surface area contributed by atoms with Gasteiger partial charge in [0.25, 0.3) is 0 Å². The van der Waals surface area contributed by atoms with Crippen LogP contribution in [0.4, 0.5) is 0 Å². The van der Waals surface area contributed by atoms with E-state index in [1.807, 2.05) is 24.5 Å². The van der Waals surface area contributed by atoms with Crippen LogP contribution in [0.25, 0.3) is 0 Å². The highest BCUT2D eigenvalue weighted by molar-refractivity contribution is 5.07. The lowest BCUT2D eigenvalue weighted by molar-refractivity contribution is 0.116. The van der Waals surface area contributed by atoms with Gasteiger partial charge in [0.15, 0.2) is 0 Å². The molecule has 0 aliphatic carbocycles. The molecule has 1 aromatic heterocycles. The second-order valence-electron chi connectivity index (χ2n) is 11.2. The minimum Gasteiger partial charge on any atom is -0.377 e. The van der Waals surface area contributed by atoms with Crippen LogP contribution in [-0.4, -0.2) is 11.6 Å². The molecule has 1 aromatic rings. The molecular weight excluding hydrogens is 438 g/mol. The van der Waals surface area contributed by atoms with E-state index in [9.17, 15) is 0 Å². The Kier molecular flexibility index (Phi) is 26.4. The number of nitrogens with zero attached hydrogens (tertiary/aromatic N) is 1. The summed E-state index contributed by atoms with van der Waals surface area (Å²) in [6.07, 6.45) is 41.2. The van der Waals surface area contributed by atoms with E-state index >= 15 is 0 Å². The zero-order valence-electron chi connectivity index (χ0n) is 24.5. The second-order valence-corrected chi connectivity index (χ2v) is 11.2. The molecule has 0 atom stereocenters. The van der Waals surface area contributed by atoms with Gasteiger partial charge < -0.3 is 4.74 Å². The number of hydrogen-bond donors (Lipinski definition) is 0. The van der Waals surface area contributed by atoms with E-state index in [0.717, 1.165) is 13.2 Å². The number of aromatic nitrogens is 1. The molecule has 0 aliphatic rings. The fourth-order valence-electron chi connectivity index (χ4n) is 5.19. The van der Waals surface area contributed by atoms with Gasteiger partial charge in [0.2, 0.25) is 0 Å². The number of pyridine rings is 1. The van der Waals surface area contributed by atoms with Crippen LogP contribution in [0.5, 0.6) is 0 Å². The van der Waals surface area contributed by atoms with Crippen LogP contribution in [0.1, 0.15) is 179 Å². The molecule has 1 rings (SSSR count). The Morgan fingerprint density at radius 1 is 0.444 bits per heavy atom. The third-order valence-corrected chi connectivity index (χ3v) is 7.66. The van der Waals surface area contributed by atoms with Crippen molar-refractivity contribution in [3.63, 3.8) is 0 Å². The van der Waals surface area contributed by atoms with Crippen LogP contribution in [0.15, 0.2) is 24.5 Å². The van der Waals surface area contributed by atoms with Crippen LogP contribution in [-0.2, 0) is 11.3 Å². The normalized spacial score (nSPS) is 11.4. The molecule has 2 nitrogen and oxygen atoms in total. The maximum absolute atomic E-state index is 5.75. The first-order chi connectivity index (χ1) is 17.9. The van der Waals surface area contributed by atoms with Gasteiger partial charge in [-0.2, -0.15) is 0 Å². The molecule has 210 valence electrons. The van der Waals surface area contributed by atoms with E-state index < -0.39 is 0 Å². The van der Waals surface area contributed by atoms with E-state index in [1.54, 1.807) is 0 Å². The first-order valence-electron chi connectivity index (χ1n) is 16.4. The minimum absolute atomic E-state index is 0.724. The van der Waals surface area contributed by atoms with Crippen LogP contribution >= 0.6 is 0 Å². The molecule has 36 heavy (non-hydrogen) atoms. The third kappa shape index (κ3) is 24.8. The zero-order chi connectivity index (χ0) is 25.6. The summed E-state index contributed by atoms with van der Waals surface area (Å²) in [5.74, 6) is 0. The summed E-state index contributed by atoms with van der Waals surface area (Å²) in [4.78, 5) is 4.04. The smallest absolute Gasteiger partial charge is 0.0717 e. The molecule has 0 bridgehead atoms. The lowest BCUT2D eigenvalue weighted by Gasteiger charge is -2.05. The topological polar surface area (TPSA) is 22.1 Å². The molecule has 0 fully saturated rings. The number of hydrogen-bond acceptors (Lipinski definition) is 2. The summed E-state index contributed by atoms with van der Waals surface area (Å²) in [5, 5.41) is 0. The van der Waals surface area contributed by atoms with E-state index in [4.69, 9.17) is 4.74 Å². The highest BCUT2D eigenvalue weighted by Gasteiger charge is 1.97. The van der Waals surface area contributed by atoms with Gasteiger partial charge in [-0.3, -0.25) is 4.98 Å². The number of unbranched alkanes of at least 4 members (excludes halogenated alkanes) is 25. The maximum Gasteiger partial charge on any atom is 0.0717 e. The van der Waals surface area contributed by atoms with Crippen LogP contribution in [0.3, 0.4) is 0 Å². The lowest BCUT2D eigenvalue weighted by Crippen LogP contribution is -1.95. The van der Waals surface area contributed by atoms with Crippen molar-refractivity contribution in [2.45, 2.75) is 180 Å². The molecule has 0 N–H and O–H groups in total. The highest BCUT2D eigenvalue weighted by atomic mass is 16.5. The molecule has 0 amide bonds. The molecule has 1 heterocycles. The minimum atomic E-state index is 0.724. The molecule has 2 heteroatoms. The third-order valence-electron chi connectivity index (χ3n) is 7.66. The van der Waals surface area contributed by atoms with Crippen molar-refractivity contribution >= 4 is 0 Å². The SMILES string of the molecule is CCCCCCCCCCCCCCCCCCCCCCCCCCCCOCc1ccncc1. The monoisotopic (exact) mass is 501 g/mol. The Morgan fingerprint density at radius 3 is 1.08 bits per heavy atom. The van der Waals surface area contributed by atoms with Crippen molar-refractivity contribution in [2.24, 2.45) is 0 Å². The van der Waals surface area contributed by atoms with Crippen LogP contribution in [0, 0.1) is 0 Å². The van der Waals surface area contributed by atoms with Crippen molar-refractivity contribution in [2.75, 3.05) is 6.61 Å². The van der Waals surface area contributed by atoms with Crippen molar-refractivity contribution < 1.29 is 4.74 Å². The molecule has 0 aromatic carbocycles. The summed E-state index contributed by atoms with van der Waals surface area (Å²) in [7, 11) is 0. The Bertz CT molecular complexity index is 517. The molecule has 0 saturated heterocycles. The van der Waals surface area contributed by atoms with Crippen molar-refractivity contribution in [3.8, 4) is 0 Å². The van der Waals surface area contributed by atoms with Gasteiger partial charge in [0.05, 0.1) is 6.61 Å². The van der Waals surface area contributed by atoms with Gasteiger partial charge >= 0.3 is 0 Å². The van der Waals surface area contributed by atoms with Gasteiger partial charge in [-0.1, -0.05) is 167 Å². The number of rotatable bonds is 29. The fraction of sp³-hybridized carbons (Fsp3) is 0.853. The lowest BCUT2D eigenvalue weighted by atomic mass is 10.0. The summed E-state index contributed by atoms with van der Waals surface area (Å²) in [6, 6.07) is 4.06. The Morgan fingerprint density at radius 2 is 0.750 bits per heavy atom. The first kappa shape index (κ1) is 33.1. The molecule has 0 radical (unpaired) electrons. The summed E-state index contributed by atoms with van der Waals surface area (Å²) in [6.45, 7) is 3.92. The zero-order valence-corrected chi connectivity index (χ0v) is 24.5. The van der Waals surface area contributed by atoms with E-state index in [-0.39, 0.29) is 0 Å². The van der Waals surface area contributed by atoms with Gasteiger partial charge in [0.1, 0.15) is 0 Å². The maximum atomic E-state index is 5.75. The number of ether oxygens (including phenoxy) is 1. The fourth-order valence-corrected chi connectivity index (χ4v) is 5.19. The highest BCUT2D eigenvalue weighted by Crippen LogP contribution is 2.16. The van der Waals surface area contributed by atoms with Gasteiger partial charge in [-0.25, -0.2) is 0 Å². The van der Waals surface area contributed by atoms with Crippen molar-refractivity contribution in [1.82, 2.24) is 4.98 Å². The van der Waals surface area contributed by atoms with Crippen molar-refractivity contribution in [3.05, 3.63) is 30.1 Å². The van der Waals surface area contributed by atoms with Crippen LogP contribution in [0.2, 0.25) is 0 Å². The molecule has 0 unspecified atom stereocenters. The molecule has 0 spiro atoms. The second kappa shape index (κ2) is 28.7. The van der Waals surface area contributed by atoms with Gasteiger partial charge in [-0.05, 0) is 24.1 Å². The first-order valence-corrected chi connectivity index (χ1v) is 16.4. The summed E-state index contributed by atoms with van der Waals surface area (Å²) < 4.78 is 5.75. The van der Waals surface area contributed by atoms with Crippen LogP contribution < -0.4 is 0 Å². The standard InChI is InChI=1S/C34H63NO/c1-2-3-4-5-6-7-8-9-10-11-12-13-14-15-16-17-18-19-20-21-22-23-24-25-26-27-32-36-33-34-28-30-35-31-29-34/h28-31H,2-27,32-33H2,1H3. The van der Waals surface area contributed by atoms with E-state index in [0.29, 0.717) is 0 Å². The largest absolute Gasteiger partial charge is 0.377 e. The Hall–Kier alpha value is -0.890. The van der Waals surface area contributed by atoms with E-state index in [1.165, 1.54) is 173 Å². The van der Waals surface area contributed by atoms with E-state index in [2.05, 4.69) is 11.9 Å². The molecular formula is C34H63NO. The van der Waals surface area contributed by atoms with Crippen molar-refractivity contribution in [1.29, 1.82) is 0 Å². The molecule has 0 aliphatic heterocycles. The Labute approximate surface area is 226 Å². The van der Waals surface area contributed by atoms with Gasteiger partial charge in [-0.15, -0.1) is 0 Å². The average Bonchev–Trinajstić information content (AvgIpc) is 2.91. The summed E-state index contributed by atoms with van der Waals surface area (Å²) in [5.41, 5.74) is 1.22. The predicted molar refractivity (Wildman–Crippen MR) is 160 cm³/mol. The molecule has 0 saturated carbocycles. The quantitative estimate of drug-likeness (QED) is 0.102. The average molecular weight is 502 g/mol. The predicted octanol–water partition coefficient (Wildman–Crippen LogP) is 11.8. The Balaban J connectivity index is 1.63.